The molecular weight excluding hydrogens is 287 g/mol. The molecule has 1 aromatic carbocycles. The van der Waals surface area contributed by atoms with E-state index in [1.54, 1.807) is 17.4 Å². The number of anilines is 1. The molecule has 2 N–H and O–H groups in total. The first-order chi connectivity index (χ1) is 10.2. The van der Waals surface area contributed by atoms with E-state index in [9.17, 15) is 4.39 Å². The minimum atomic E-state index is -0.298. The smallest absolute Gasteiger partial charge is 0.186 e. The van der Waals surface area contributed by atoms with Crippen molar-refractivity contribution in [2.45, 2.75) is 19.3 Å². The lowest BCUT2D eigenvalue weighted by molar-refractivity contribution is 0.437. The van der Waals surface area contributed by atoms with E-state index in [2.05, 4.69) is 11.2 Å². The number of aryl methyl sites for hydroxylation is 2. The van der Waals surface area contributed by atoms with Crippen LogP contribution in [0.25, 0.3) is 21.8 Å². The van der Waals surface area contributed by atoms with E-state index in [0.717, 1.165) is 17.7 Å². The molecule has 106 valence electrons. The van der Waals surface area contributed by atoms with E-state index in [0.29, 0.717) is 22.7 Å². The number of rotatable bonds is 2. The second-order valence-corrected chi connectivity index (χ2v) is 6.33. The van der Waals surface area contributed by atoms with Crippen LogP contribution in [0, 0.1) is 5.82 Å². The summed E-state index contributed by atoms with van der Waals surface area (Å²) in [4.78, 5) is 2.42. The maximum Gasteiger partial charge on any atom is 0.186 e. The molecule has 0 fully saturated rings. The van der Waals surface area contributed by atoms with Gasteiger partial charge in [-0.15, -0.1) is 11.3 Å². The van der Waals surface area contributed by atoms with E-state index >= 15 is 0 Å². The van der Waals surface area contributed by atoms with Crippen LogP contribution in [0.5, 0.6) is 0 Å². The van der Waals surface area contributed by atoms with Gasteiger partial charge in [-0.05, 0) is 48.6 Å². The van der Waals surface area contributed by atoms with Gasteiger partial charge in [-0.3, -0.25) is 0 Å². The number of nitrogens with two attached hydrogens (primary N) is 1. The normalized spacial score (nSPS) is 13.6. The summed E-state index contributed by atoms with van der Waals surface area (Å²) in [7, 11) is 0. The van der Waals surface area contributed by atoms with Crippen molar-refractivity contribution >= 4 is 17.2 Å². The van der Waals surface area contributed by atoms with Gasteiger partial charge in [0.05, 0.1) is 10.4 Å². The zero-order chi connectivity index (χ0) is 14.4. The summed E-state index contributed by atoms with van der Waals surface area (Å²) in [6.45, 7) is 0. The summed E-state index contributed by atoms with van der Waals surface area (Å²) in [5.74, 6) is 0.634. The monoisotopic (exact) mass is 300 g/mol. The lowest BCUT2D eigenvalue weighted by Crippen LogP contribution is -1.89. The zero-order valence-electron chi connectivity index (χ0n) is 11.2. The molecule has 1 aliphatic carbocycles. The highest BCUT2D eigenvalue weighted by Crippen LogP contribution is 2.42. The number of hydrogen-bond acceptors (Lipinski definition) is 4. The number of benzene rings is 1. The summed E-state index contributed by atoms with van der Waals surface area (Å²) in [6, 6.07) is 8.49. The van der Waals surface area contributed by atoms with Gasteiger partial charge in [0, 0.05) is 4.88 Å². The zero-order valence-corrected chi connectivity index (χ0v) is 12.0. The third-order valence-corrected chi connectivity index (χ3v) is 5.04. The molecule has 0 saturated heterocycles. The molecule has 0 radical (unpaired) electrons. The third-order valence-electron chi connectivity index (χ3n) is 3.80. The molecule has 0 bridgehead atoms. The highest BCUT2D eigenvalue weighted by molar-refractivity contribution is 7.15. The molecule has 2 heterocycles. The van der Waals surface area contributed by atoms with Crippen molar-refractivity contribution in [1.29, 1.82) is 0 Å². The Morgan fingerprint density at radius 1 is 1.24 bits per heavy atom. The molecule has 0 aliphatic heterocycles. The summed E-state index contributed by atoms with van der Waals surface area (Å²) in [5, 5.41) is 3.87. The average molecular weight is 300 g/mol. The summed E-state index contributed by atoms with van der Waals surface area (Å²) < 4.78 is 18.9. The standard InChI is InChI=1S/C16H13FN2OS/c17-11-5-1-4-10(7-11)14-15(20-19-16(14)18)13-8-9-3-2-6-12(9)21-13/h1,4-5,7-8H,2-3,6H2,(H2,18,19). The maximum absolute atomic E-state index is 13.5. The number of nitrogens with zero attached hydrogens (tertiary/aromatic N) is 1. The van der Waals surface area contributed by atoms with Gasteiger partial charge in [0.15, 0.2) is 11.6 Å². The molecule has 4 rings (SSSR count). The number of aromatic nitrogens is 1. The van der Waals surface area contributed by atoms with Gasteiger partial charge >= 0.3 is 0 Å². The van der Waals surface area contributed by atoms with Crippen LogP contribution >= 0.6 is 11.3 Å². The largest absolute Gasteiger partial charge is 0.380 e. The van der Waals surface area contributed by atoms with Gasteiger partial charge in [0.2, 0.25) is 0 Å². The number of fused-ring (bicyclic) bond motifs is 1. The fraction of sp³-hybridized carbons (Fsp3) is 0.188. The van der Waals surface area contributed by atoms with Crippen LogP contribution < -0.4 is 5.73 Å². The van der Waals surface area contributed by atoms with Crippen LogP contribution in [0.4, 0.5) is 10.2 Å². The number of nitrogen functional groups attached to an aromatic ring is 1. The summed E-state index contributed by atoms with van der Waals surface area (Å²) in [5.41, 5.74) is 8.68. The first kappa shape index (κ1) is 12.6. The van der Waals surface area contributed by atoms with E-state index in [1.807, 2.05) is 6.07 Å². The Labute approximate surface area is 125 Å². The Kier molecular flexibility index (Phi) is 2.82. The topological polar surface area (TPSA) is 52.0 Å². The highest BCUT2D eigenvalue weighted by atomic mass is 32.1. The van der Waals surface area contributed by atoms with E-state index in [1.165, 1.54) is 29.0 Å². The Morgan fingerprint density at radius 3 is 2.95 bits per heavy atom. The summed E-state index contributed by atoms with van der Waals surface area (Å²) >= 11 is 1.72. The fourth-order valence-corrected chi connectivity index (χ4v) is 4.07. The first-order valence-electron chi connectivity index (χ1n) is 6.85. The predicted octanol–water partition coefficient (Wildman–Crippen LogP) is 4.28. The van der Waals surface area contributed by atoms with Gasteiger partial charge in [-0.2, -0.15) is 0 Å². The summed E-state index contributed by atoms with van der Waals surface area (Å²) in [6.07, 6.45) is 3.46. The van der Waals surface area contributed by atoms with E-state index < -0.39 is 0 Å². The molecule has 21 heavy (non-hydrogen) atoms. The average Bonchev–Trinajstić information content (AvgIpc) is 3.11. The molecule has 0 spiro atoms. The minimum Gasteiger partial charge on any atom is -0.380 e. The third kappa shape index (κ3) is 2.05. The van der Waals surface area contributed by atoms with Gasteiger partial charge in [-0.25, -0.2) is 4.39 Å². The highest BCUT2D eigenvalue weighted by Gasteiger charge is 2.23. The first-order valence-corrected chi connectivity index (χ1v) is 7.67. The van der Waals surface area contributed by atoms with Gasteiger partial charge < -0.3 is 10.3 Å². The molecule has 3 nitrogen and oxygen atoms in total. The number of thiophene rings is 1. The van der Waals surface area contributed by atoms with Gasteiger partial charge in [-0.1, -0.05) is 17.3 Å². The van der Waals surface area contributed by atoms with E-state index in [-0.39, 0.29) is 5.82 Å². The van der Waals surface area contributed by atoms with Crippen molar-refractivity contribution in [3.63, 3.8) is 0 Å². The molecule has 0 unspecified atom stereocenters. The van der Waals surface area contributed by atoms with Crippen molar-refractivity contribution in [3.05, 3.63) is 46.6 Å². The van der Waals surface area contributed by atoms with Crippen LogP contribution in [0.1, 0.15) is 16.9 Å². The Hall–Kier alpha value is -2.14. The molecule has 0 atom stereocenters. The Balaban J connectivity index is 1.86. The Morgan fingerprint density at radius 2 is 2.14 bits per heavy atom. The van der Waals surface area contributed by atoms with Crippen molar-refractivity contribution in [2.24, 2.45) is 0 Å². The van der Waals surface area contributed by atoms with Crippen LogP contribution in [0.15, 0.2) is 34.9 Å². The molecule has 0 saturated carbocycles. The molecular formula is C16H13FN2OS. The maximum atomic E-state index is 13.5. The number of hydrogen-bond donors (Lipinski definition) is 1. The van der Waals surface area contributed by atoms with Crippen molar-refractivity contribution in [2.75, 3.05) is 5.73 Å². The van der Waals surface area contributed by atoms with Gasteiger partial charge in [0.1, 0.15) is 5.82 Å². The van der Waals surface area contributed by atoms with Gasteiger partial charge in [0.25, 0.3) is 0 Å². The quantitative estimate of drug-likeness (QED) is 0.768. The predicted molar refractivity (Wildman–Crippen MR) is 81.6 cm³/mol. The van der Waals surface area contributed by atoms with E-state index in [4.69, 9.17) is 10.3 Å². The fourth-order valence-electron chi connectivity index (χ4n) is 2.83. The molecule has 0 amide bonds. The molecule has 2 aromatic heterocycles. The van der Waals surface area contributed by atoms with Crippen LogP contribution in [-0.4, -0.2) is 5.16 Å². The van der Waals surface area contributed by atoms with Crippen molar-refractivity contribution < 1.29 is 8.91 Å². The van der Waals surface area contributed by atoms with Crippen molar-refractivity contribution in [1.82, 2.24) is 5.16 Å². The molecule has 1 aliphatic rings. The SMILES string of the molecule is Nc1noc(-c2cc3c(s2)CCC3)c1-c1cccc(F)c1. The molecule has 3 aromatic rings. The minimum absolute atomic E-state index is 0.296. The Bertz CT molecular complexity index is 800. The van der Waals surface area contributed by atoms with Crippen molar-refractivity contribution in [3.8, 4) is 21.8 Å². The number of halogens is 1. The molecule has 5 heteroatoms. The van der Waals surface area contributed by atoms with Crippen LogP contribution in [0.3, 0.4) is 0 Å². The second kappa shape index (κ2) is 4.70. The van der Waals surface area contributed by atoms with Crippen LogP contribution in [-0.2, 0) is 12.8 Å². The second-order valence-electron chi connectivity index (χ2n) is 5.19. The van der Waals surface area contributed by atoms with Crippen LogP contribution in [0.2, 0.25) is 0 Å². The lowest BCUT2D eigenvalue weighted by Gasteiger charge is -2.01. The lowest BCUT2D eigenvalue weighted by atomic mass is 10.0.